The minimum absolute atomic E-state index is 0.00662. The van der Waals surface area contributed by atoms with Crippen LogP contribution in [0.25, 0.3) is 22.0 Å². The Kier molecular flexibility index (Phi) is 5.45. The van der Waals surface area contributed by atoms with Crippen LogP contribution in [0.3, 0.4) is 0 Å². The number of amides is 1. The maximum Gasteiger partial charge on any atom is 0.268 e. The molecule has 160 valence electrons. The highest BCUT2D eigenvalue weighted by Gasteiger charge is 2.34. The van der Waals surface area contributed by atoms with Crippen LogP contribution in [0.4, 0.5) is 5.69 Å². The Morgan fingerprint density at radius 2 is 1.91 bits per heavy atom. The van der Waals surface area contributed by atoms with Gasteiger partial charge in [-0.3, -0.25) is 9.78 Å². The fraction of sp³-hybridized carbons (Fsp3) is 0.192. The number of nitrogens with zero attached hydrogens (tertiary/aromatic N) is 3. The number of thiazole rings is 1. The van der Waals surface area contributed by atoms with Crippen LogP contribution in [0.1, 0.15) is 24.5 Å². The van der Waals surface area contributed by atoms with Crippen molar-refractivity contribution in [2.45, 2.75) is 32.9 Å². The van der Waals surface area contributed by atoms with Crippen molar-refractivity contribution < 1.29 is 9.53 Å². The molecule has 0 N–H and O–H groups in total. The van der Waals surface area contributed by atoms with E-state index in [0.717, 1.165) is 44.5 Å². The number of carbonyl (C=O) groups is 1. The highest BCUT2D eigenvalue weighted by molar-refractivity contribution is 7.13. The first kappa shape index (κ1) is 20.4. The van der Waals surface area contributed by atoms with Crippen molar-refractivity contribution in [3.63, 3.8) is 0 Å². The zero-order chi connectivity index (χ0) is 22.1. The maximum absolute atomic E-state index is 13.3. The molecule has 1 unspecified atom stereocenters. The minimum Gasteiger partial charge on any atom is -0.478 e. The molecule has 2 aromatic carbocycles. The Morgan fingerprint density at radius 3 is 2.69 bits per heavy atom. The molecule has 4 aromatic rings. The summed E-state index contributed by atoms with van der Waals surface area (Å²) in [6.07, 6.45) is 1.93. The molecule has 1 atom stereocenters. The Labute approximate surface area is 191 Å². The van der Waals surface area contributed by atoms with E-state index in [1.807, 2.05) is 65.7 Å². The van der Waals surface area contributed by atoms with Gasteiger partial charge in [0, 0.05) is 17.1 Å². The number of aromatic nitrogens is 2. The Balaban J connectivity index is 1.53. The lowest BCUT2D eigenvalue weighted by Crippen LogP contribution is -2.45. The average Bonchev–Trinajstić information content (AvgIpc) is 3.32. The van der Waals surface area contributed by atoms with Crippen molar-refractivity contribution in [2.24, 2.45) is 0 Å². The number of hydrogen-bond donors (Lipinski definition) is 0. The van der Waals surface area contributed by atoms with Crippen molar-refractivity contribution in [1.29, 1.82) is 0 Å². The molecule has 0 aliphatic carbocycles. The fourth-order valence-corrected chi connectivity index (χ4v) is 4.68. The molecule has 0 spiro atoms. The van der Waals surface area contributed by atoms with E-state index in [-0.39, 0.29) is 5.91 Å². The predicted molar refractivity (Wildman–Crippen MR) is 128 cm³/mol. The van der Waals surface area contributed by atoms with E-state index in [1.165, 1.54) is 0 Å². The third kappa shape index (κ3) is 3.78. The normalized spacial score (nSPS) is 15.4. The van der Waals surface area contributed by atoms with Crippen molar-refractivity contribution in [3.8, 4) is 27.7 Å². The zero-order valence-corrected chi connectivity index (χ0v) is 18.8. The van der Waals surface area contributed by atoms with Crippen molar-refractivity contribution in [2.75, 3.05) is 4.90 Å². The molecule has 0 radical (unpaired) electrons. The topological polar surface area (TPSA) is 55.3 Å². The van der Waals surface area contributed by atoms with Crippen molar-refractivity contribution in [3.05, 3.63) is 83.4 Å². The van der Waals surface area contributed by atoms with Crippen LogP contribution in [-0.4, -0.2) is 22.0 Å². The molecule has 3 heterocycles. The number of benzene rings is 2. The summed E-state index contributed by atoms with van der Waals surface area (Å²) >= 11 is 1.56. The van der Waals surface area contributed by atoms with Crippen LogP contribution in [0.15, 0.2) is 72.2 Å². The summed E-state index contributed by atoms with van der Waals surface area (Å²) in [6, 6.07) is 19.9. The molecule has 1 amide bonds. The lowest BCUT2D eigenvalue weighted by Gasteiger charge is -2.34. The highest BCUT2D eigenvalue weighted by atomic mass is 32.1. The summed E-state index contributed by atoms with van der Waals surface area (Å²) in [6.45, 7) is 4.56. The van der Waals surface area contributed by atoms with Gasteiger partial charge in [0.05, 0.1) is 23.6 Å². The van der Waals surface area contributed by atoms with Gasteiger partial charge < -0.3 is 9.64 Å². The average molecular weight is 442 g/mol. The number of ether oxygens (including phenoxy) is 1. The van der Waals surface area contributed by atoms with Gasteiger partial charge in [0.2, 0.25) is 0 Å². The fourth-order valence-electron chi connectivity index (χ4n) is 3.88. The molecule has 1 aliphatic heterocycles. The summed E-state index contributed by atoms with van der Waals surface area (Å²) in [5, 5.41) is 2.89. The molecule has 6 heteroatoms. The lowest BCUT2D eigenvalue weighted by atomic mass is 10.0. The van der Waals surface area contributed by atoms with Gasteiger partial charge >= 0.3 is 0 Å². The Hall–Kier alpha value is -3.51. The minimum atomic E-state index is -0.465. The first-order valence-corrected chi connectivity index (χ1v) is 11.6. The number of fused-ring (bicyclic) bond motifs is 1. The lowest BCUT2D eigenvalue weighted by molar-refractivity contribution is -0.126. The molecular formula is C26H23N3O2S. The molecule has 5 nitrogen and oxygen atoms in total. The van der Waals surface area contributed by atoms with Gasteiger partial charge in [-0.2, -0.15) is 0 Å². The molecule has 1 aliphatic rings. The highest BCUT2D eigenvalue weighted by Crippen LogP contribution is 2.39. The summed E-state index contributed by atoms with van der Waals surface area (Å²) < 4.78 is 6.04. The van der Waals surface area contributed by atoms with E-state index in [2.05, 4.69) is 24.0 Å². The van der Waals surface area contributed by atoms with Crippen LogP contribution in [0.2, 0.25) is 0 Å². The second kappa shape index (κ2) is 8.55. The largest absolute Gasteiger partial charge is 0.478 e. The third-order valence-corrected chi connectivity index (χ3v) is 6.57. The second-order valence-corrected chi connectivity index (χ2v) is 8.66. The monoisotopic (exact) mass is 441 g/mol. The molecule has 0 saturated carbocycles. The maximum atomic E-state index is 13.3. The molecule has 32 heavy (non-hydrogen) atoms. The summed E-state index contributed by atoms with van der Waals surface area (Å²) in [5.74, 6) is 0.724. The van der Waals surface area contributed by atoms with E-state index in [4.69, 9.17) is 9.72 Å². The van der Waals surface area contributed by atoms with Crippen LogP contribution < -0.4 is 9.64 Å². The molecule has 0 bridgehead atoms. The Bertz CT molecular complexity index is 1270. The zero-order valence-electron chi connectivity index (χ0n) is 18.0. The van der Waals surface area contributed by atoms with E-state index in [9.17, 15) is 4.79 Å². The summed E-state index contributed by atoms with van der Waals surface area (Å²) in [4.78, 5) is 24.3. The van der Waals surface area contributed by atoms with E-state index < -0.39 is 6.10 Å². The smallest absolute Gasteiger partial charge is 0.268 e. The van der Waals surface area contributed by atoms with E-state index >= 15 is 0 Å². The number of hydrogen-bond acceptors (Lipinski definition) is 5. The number of aryl methyl sites for hydroxylation is 1. The summed E-state index contributed by atoms with van der Waals surface area (Å²) in [7, 11) is 0. The van der Waals surface area contributed by atoms with E-state index in [1.54, 1.807) is 17.5 Å². The van der Waals surface area contributed by atoms with Crippen LogP contribution >= 0.6 is 11.3 Å². The standard InChI is InChI=1S/C26H23N3O2S/c1-3-23-26(30)29(15-19-9-5-4-8-17(19)2)22-14-18(11-12-24(22)31-23)21-16-32-25(28-21)20-10-6-7-13-27-20/h4-14,16,23H,3,15H2,1-2H3. The number of carbonyl (C=O) groups excluding carboxylic acids is 1. The van der Waals surface area contributed by atoms with Crippen molar-refractivity contribution >= 4 is 22.9 Å². The Morgan fingerprint density at radius 1 is 1.06 bits per heavy atom. The molecule has 0 saturated heterocycles. The van der Waals surface area contributed by atoms with Gasteiger partial charge in [-0.15, -0.1) is 11.3 Å². The number of anilines is 1. The third-order valence-electron chi connectivity index (χ3n) is 5.70. The molecule has 0 fully saturated rings. The van der Waals surface area contributed by atoms with E-state index in [0.29, 0.717) is 13.0 Å². The van der Waals surface area contributed by atoms with Crippen LogP contribution in [0.5, 0.6) is 5.75 Å². The van der Waals surface area contributed by atoms with Gasteiger partial charge in [-0.05, 0) is 54.8 Å². The van der Waals surface area contributed by atoms with Crippen LogP contribution in [-0.2, 0) is 11.3 Å². The van der Waals surface area contributed by atoms with Crippen molar-refractivity contribution in [1.82, 2.24) is 9.97 Å². The first-order chi connectivity index (χ1) is 15.6. The molecule has 2 aromatic heterocycles. The SMILES string of the molecule is CCC1Oc2ccc(-c3csc(-c4ccccn4)n3)cc2N(Cc2ccccc2C)C1=O. The van der Waals surface area contributed by atoms with Gasteiger partial charge in [-0.1, -0.05) is 37.3 Å². The molecular weight excluding hydrogens is 418 g/mol. The van der Waals surface area contributed by atoms with Gasteiger partial charge in [0.15, 0.2) is 6.10 Å². The quantitative estimate of drug-likeness (QED) is 0.388. The van der Waals surface area contributed by atoms with Gasteiger partial charge in [0.25, 0.3) is 5.91 Å². The first-order valence-electron chi connectivity index (χ1n) is 10.7. The second-order valence-electron chi connectivity index (χ2n) is 7.80. The van der Waals surface area contributed by atoms with Gasteiger partial charge in [-0.25, -0.2) is 4.98 Å². The number of rotatable bonds is 5. The molecule has 5 rings (SSSR count). The summed E-state index contributed by atoms with van der Waals surface area (Å²) in [5.41, 5.74) is 5.74. The number of pyridine rings is 1. The van der Waals surface area contributed by atoms with Crippen LogP contribution in [0, 0.1) is 6.92 Å². The van der Waals surface area contributed by atoms with Gasteiger partial charge in [0.1, 0.15) is 10.8 Å². The predicted octanol–water partition coefficient (Wildman–Crippen LogP) is 5.88.